The Balaban J connectivity index is 1.27. The molecule has 0 atom stereocenters. The van der Waals surface area contributed by atoms with Crippen molar-refractivity contribution in [1.29, 1.82) is 0 Å². The number of nitrogens with one attached hydrogen (secondary N) is 1. The van der Waals surface area contributed by atoms with Crippen molar-refractivity contribution in [3.05, 3.63) is 35.1 Å². The molecule has 0 bridgehead atoms. The molecule has 0 radical (unpaired) electrons. The van der Waals surface area contributed by atoms with Crippen LogP contribution in [0.3, 0.4) is 0 Å². The van der Waals surface area contributed by atoms with E-state index >= 15 is 0 Å². The Labute approximate surface area is 179 Å². The van der Waals surface area contributed by atoms with Crippen LogP contribution in [0.1, 0.15) is 48.9 Å². The molecule has 1 aromatic carbocycles. The highest BCUT2D eigenvalue weighted by atomic mass is 35.5. The summed E-state index contributed by atoms with van der Waals surface area (Å²) < 4.78 is 7.46. The predicted octanol–water partition coefficient (Wildman–Crippen LogP) is 2.07. The molecular weight excluding hydrogens is 408 g/mol. The van der Waals surface area contributed by atoms with Crippen LogP contribution in [0.25, 0.3) is 0 Å². The second kappa shape index (κ2) is 9.42. The number of piperidine rings is 1. The van der Waals surface area contributed by atoms with Crippen LogP contribution in [-0.2, 0) is 11.3 Å². The lowest BCUT2D eigenvalue weighted by atomic mass is 10.1. The van der Waals surface area contributed by atoms with Gasteiger partial charge in [0.05, 0.1) is 5.02 Å². The number of tetrazole rings is 1. The van der Waals surface area contributed by atoms with Crippen LogP contribution in [0.2, 0.25) is 5.02 Å². The van der Waals surface area contributed by atoms with Crippen molar-refractivity contribution in [2.75, 3.05) is 13.1 Å². The molecule has 2 heterocycles. The Morgan fingerprint density at radius 1 is 1.17 bits per heavy atom. The molecule has 9 nitrogen and oxygen atoms in total. The maximum absolute atomic E-state index is 12.4. The van der Waals surface area contributed by atoms with E-state index < -0.39 is 0 Å². The number of rotatable bonds is 6. The van der Waals surface area contributed by atoms with Gasteiger partial charge in [0.1, 0.15) is 24.7 Å². The molecule has 2 aliphatic rings. The molecule has 1 aromatic heterocycles. The molecule has 2 amide bonds. The van der Waals surface area contributed by atoms with Gasteiger partial charge in [0.25, 0.3) is 5.91 Å². The molecule has 1 aliphatic heterocycles. The zero-order valence-electron chi connectivity index (χ0n) is 16.7. The van der Waals surface area contributed by atoms with E-state index in [-0.39, 0.29) is 30.5 Å². The third-order valence-corrected chi connectivity index (χ3v) is 5.96. The van der Waals surface area contributed by atoms with Crippen LogP contribution < -0.4 is 10.1 Å². The van der Waals surface area contributed by atoms with E-state index in [0.717, 1.165) is 12.8 Å². The molecule has 10 heteroatoms. The lowest BCUT2D eigenvalue weighted by Crippen LogP contribution is -2.43. The summed E-state index contributed by atoms with van der Waals surface area (Å²) >= 11 is 6.38. The van der Waals surface area contributed by atoms with Crippen molar-refractivity contribution in [3.8, 4) is 5.75 Å². The second-order valence-corrected chi connectivity index (χ2v) is 8.21. The van der Waals surface area contributed by atoms with E-state index in [2.05, 4.69) is 20.8 Å². The van der Waals surface area contributed by atoms with Crippen LogP contribution in [0.15, 0.2) is 24.5 Å². The first-order chi connectivity index (χ1) is 14.6. The first-order valence-electron chi connectivity index (χ1n) is 10.3. The highest BCUT2D eigenvalue weighted by Crippen LogP contribution is 2.29. The topological polar surface area (TPSA) is 102 Å². The molecule has 160 valence electrons. The number of benzene rings is 1. The molecule has 0 unspecified atom stereocenters. The monoisotopic (exact) mass is 432 g/mol. The quantitative estimate of drug-likeness (QED) is 0.749. The van der Waals surface area contributed by atoms with E-state index in [4.69, 9.17) is 16.3 Å². The molecule has 1 saturated heterocycles. The fraction of sp³-hybridized carbons (Fsp3) is 0.550. The molecule has 0 spiro atoms. The SMILES string of the molecule is O=C(NC1CCCC1)c1ccc(OC2CCN(C(=O)Cn3cnnn3)CC2)c(Cl)c1. The van der Waals surface area contributed by atoms with E-state index in [1.54, 1.807) is 23.1 Å². The van der Waals surface area contributed by atoms with Crippen LogP contribution in [0.4, 0.5) is 0 Å². The largest absolute Gasteiger partial charge is 0.489 e. The Kier molecular flexibility index (Phi) is 6.47. The van der Waals surface area contributed by atoms with Crippen LogP contribution in [-0.4, -0.2) is 62.2 Å². The van der Waals surface area contributed by atoms with Gasteiger partial charge >= 0.3 is 0 Å². The van der Waals surface area contributed by atoms with Gasteiger partial charge in [-0.05, 0) is 41.5 Å². The van der Waals surface area contributed by atoms with Gasteiger partial charge in [-0.1, -0.05) is 24.4 Å². The molecule has 2 fully saturated rings. The summed E-state index contributed by atoms with van der Waals surface area (Å²) in [5.41, 5.74) is 0.544. The van der Waals surface area contributed by atoms with E-state index in [1.807, 2.05) is 0 Å². The van der Waals surface area contributed by atoms with Crippen molar-refractivity contribution < 1.29 is 14.3 Å². The van der Waals surface area contributed by atoms with Gasteiger partial charge in [0.15, 0.2) is 0 Å². The minimum atomic E-state index is -0.0928. The number of amides is 2. The summed E-state index contributed by atoms with van der Waals surface area (Å²) in [5, 5.41) is 14.3. The summed E-state index contributed by atoms with van der Waals surface area (Å²) in [5.74, 6) is 0.453. The number of aromatic nitrogens is 4. The van der Waals surface area contributed by atoms with Gasteiger partial charge in [0, 0.05) is 37.5 Å². The fourth-order valence-corrected chi connectivity index (χ4v) is 4.20. The Hall–Kier alpha value is -2.68. The smallest absolute Gasteiger partial charge is 0.251 e. The number of hydrogen-bond donors (Lipinski definition) is 1. The van der Waals surface area contributed by atoms with Gasteiger partial charge in [-0.2, -0.15) is 0 Å². The number of carbonyl (C=O) groups excluding carboxylic acids is 2. The second-order valence-electron chi connectivity index (χ2n) is 7.81. The molecule has 30 heavy (non-hydrogen) atoms. The Morgan fingerprint density at radius 2 is 1.93 bits per heavy atom. The third-order valence-electron chi connectivity index (χ3n) is 5.66. The van der Waals surface area contributed by atoms with Crippen LogP contribution >= 0.6 is 11.6 Å². The summed E-state index contributed by atoms with van der Waals surface area (Å²) in [4.78, 5) is 26.5. The van der Waals surface area contributed by atoms with Crippen LogP contribution in [0.5, 0.6) is 5.75 Å². The number of halogens is 1. The van der Waals surface area contributed by atoms with E-state index in [1.165, 1.54) is 23.9 Å². The molecule has 2 aromatic rings. The van der Waals surface area contributed by atoms with Gasteiger partial charge in [0.2, 0.25) is 5.91 Å². The van der Waals surface area contributed by atoms with Gasteiger partial charge < -0.3 is 15.0 Å². The van der Waals surface area contributed by atoms with Crippen molar-refractivity contribution >= 4 is 23.4 Å². The molecular formula is C20H25ClN6O3. The van der Waals surface area contributed by atoms with Crippen molar-refractivity contribution in [2.24, 2.45) is 0 Å². The number of carbonyl (C=O) groups is 2. The molecule has 4 rings (SSSR count). The number of ether oxygens (including phenoxy) is 1. The van der Waals surface area contributed by atoms with Gasteiger partial charge in [-0.25, -0.2) is 4.68 Å². The molecule has 1 aliphatic carbocycles. The van der Waals surface area contributed by atoms with Crippen molar-refractivity contribution in [2.45, 2.75) is 57.2 Å². The normalized spacial score (nSPS) is 17.8. The Morgan fingerprint density at radius 3 is 2.60 bits per heavy atom. The van der Waals surface area contributed by atoms with E-state index in [9.17, 15) is 9.59 Å². The summed E-state index contributed by atoms with van der Waals surface area (Å²) in [6.45, 7) is 1.34. The lowest BCUT2D eigenvalue weighted by molar-refractivity contribution is -0.133. The average molecular weight is 433 g/mol. The first kappa shape index (κ1) is 20.6. The zero-order valence-corrected chi connectivity index (χ0v) is 17.4. The standard InChI is InChI=1S/C20H25ClN6O3/c21-17-11-14(20(29)23-15-3-1-2-4-15)5-6-18(17)30-16-7-9-26(10-8-16)19(28)12-27-13-22-24-25-27/h5-6,11,13,15-16H,1-4,7-10,12H2,(H,23,29). The number of nitrogens with zero attached hydrogens (tertiary/aromatic N) is 5. The average Bonchev–Trinajstić information content (AvgIpc) is 3.44. The van der Waals surface area contributed by atoms with Gasteiger partial charge in [-0.15, -0.1) is 5.10 Å². The maximum Gasteiger partial charge on any atom is 0.251 e. The minimum Gasteiger partial charge on any atom is -0.489 e. The lowest BCUT2D eigenvalue weighted by Gasteiger charge is -2.32. The maximum atomic E-state index is 12.4. The van der Waals surface area contributed by atoms with E-state index in [0.29, 0.717) is 42.3 Å². The minimum absolute atomic E-state index is 0.0172. The predicted molar refractivity (Wildman–Crippen MR) is 109 cm³/mol. The third kappa shape index (κ3) is 5.08. The number of likely N-dealkylation sites (tertiary alicyclic amines) is 1. The summed E-state index contributed by atoms with van der Waals surface area (Å²) in [7, 11) is 0. The van der Waals surface area contributed by atoms with Gasteiger partial charge in [-0.3, -0.25) is 9.59 Å². The van der Waals surface area contributed by atoms with Crippen LogP contribution in [0, 0.1) is 0 Å². The highest BCUT2D eigenvalue weighted by Gasteiger charge is 2.25. The van der Waals surface area contributed by atoms with Crippen molar-refractivity contribution in [3.63, 3.8) is 0 Å². The number of hydrogen-bond acceptors (Lipinski definition) is 6. The molecule has 1 saturated carbocycles. The Bertz CT molecular complexity index is 877. The molecule has 1 N–H and O–H groups in total. The van der Waals surface area contributed by atoms with Crippen molar-refractivity contribution in [1.82, 2.24) is 30.4 Å². The zero-order chi connectivity index (χ0) is 20.9. The fourth-order valence-electron chi connectivity index (χ4n) is 3.97. The summed E-state index contributed by atoms with van der Waals surface area (Å²) in [6, 6.07) is 5.42. The highest BCUT2D eigenvalue weighted by molar-refractivity contribution is 6.32. The summed E-state index contributed by atoms with van der Waals surface area (Å²) in [6.07, 6.45) is 7.23. The first-order valence-corrected chi connectivity index (χ1v) is 10.7.